The zero-order valence-corrected chi connectivity index (χ0v) is 14.7. The highest BCUT2D eigenvalue weighted by Gasteiger charge is 2.01. The van der Waals surface area contributed by atoms with Crippen LogP contribution in [0.3, 0.4) is 0 Å². The van der Waals surface area contributed by atoms with Crippen LogP contribution in [0.15, 0.2) is 53.6 Å². The Hall–Kier alpha value is -2.82. The van der Waals surface area contributed by atoms with E-state index >= 15 is 0 Å². The summed E-state index contributed by atoms with van der Waals surface area (Å²) in [5.41, 5.74) is 4.46. The smallest absolute Gasteiger partial charge is 0.277 e. The van der Waals surface area contributed by atoms with Gasteiger partial charge in [-0.05, 0) is 55.3 Å². The van der Waals surface area contributed by atoms with Gasteiger partial charge in [-0.1, -0.05) is 31.0 Å². The molecule has 2 aromatic carbocycles. The number of aryl methyl sites for hydroxylation is 1. The SMILES string of the molecule is CCCCOc1ccc(/C=N\NC(=O)COc2ccc(C)cc2)cc1. The maximum atomic E-state index is 11.7. The molecular formula is C20H24N2O3. The molecule has 0 saturated carbocycles. The zero-order chi connectivity index (χ0) is 17.9. The van der Waals surface area contributed by atoms with E-state index in [-0.39, 0.29) is 12.5 Å². The average Bonchev–Trinajstić information content (AvgIpc) is 2.63. The first kappa shape index (κ1) is 18.5. The van der Waals surface area contributed by atoms with Crippen LogP contribution >= 0.6 is 0 Å². The molecule has 0 heterocycles. The summed E-state index contributed by atoms with van der Waals surface area (Å²) >= 11 is 0. The fourth-order valence-corrected chi connectivity index (χ4v) is 1.98. The minimum absolute atomic E-state index is 0.0788. The van der Waals surface area contributed by atoms with E-state index in [1.165, 1.54) is 0 Å². The molecule has 2 aromatic rings. The van der Waals surface area contributed by atoms with Gasteiger partial charge in [0, 0.05) is 0 Å². The van der Waals surface area contributed by atoms with E-state index in [0.717, 1.165) is 36.3 Å². The van der Waals surface area contributed by atoms with E-state index in [1.807, 2.05) is 55.5 Å². The predicted molar refractivity (Wildman–Crippen MR) is 99.3 cm³/mol. The molecule has 0 fully saturated rings. The van der Waals surface area contributed by atoms with E-state index in [9.17, 15) is 4.79 Å². The fraction of sp³-hybridized carbons (Fsp3) is 0.300. The monoisotopic (exact) mass is 340 g/mol. The molecule has 0 aliphatic rings. The second-order valence-electron chi connectivity index (χ2n) is 5.67. The molecule has 0 aliphatic carbocycles. The van der Waals surface area contributed by atoms with E-state index in [2.05, 4.69) is 17.5 Å². The van der Waals surface area contributed by atoms with Crippen molar-refractivity contribution >= 4 is 12.1 Å². The Bertz CT molecular complexity index is 679. The Morgan fingerprint density at radius 1 is 1.04 bits per heavy atom. The summed E-state index contributed by atoms with van der Waals surface area (Å²) in [7, 11) is 0. The number of ether oxygens (including phenoxy) is 2. The number of rotatable bonds is 9. The maximum absolute atomic E-state index is 11.7. The van der Waals surface area contributed by atoms with Gasteiger partial charge in [-0.3, -0.25) is 4.79 Å². The normalized spacial score (nSPS) is 10.6. The van der Waals surface area contributed by atoms with Crippen LogP contribution in [-0.4, -0.2) is 25.3 Å². The molecular weight excluding hydrogens is 316 g/mol. The number of nitrogens with one attached hydrogen (secondary N) is 1. The zero-order valence-electron chi connectivity index (χ0n) is 14.7. The number of hydrazone groups is 1. The topological polar surface area (TPSA) is 59.9 Å². The van der Waals surface area contributed by atoms with Crippen molar-refractivity contribution in [2.24, 2.45) is 5.10 Å². The summed E-state index contributed by atoms with van der Waals surface area (Å²) in [6, 6.07) is 15.1. The Balaban J connectivity index is 1.72. The lowest BCUT2D eigenvalue weighted by Gasteiger charge is -2.05. The lowest BCUT2D eigenvalue weighted by atomic mass is 10.2. The van der Waals surface area contributed by atoms with Crippen LogP contribution in [0.4, 0.5) is 0 Å². The van der Waals surface area contributed by atoms with E-state index in [4.69, 9.17) is 9.47 Å². The van der Waals surface area contributed by atoms with Crippen LogP contribution in [-0.2, 0) is 4.79 Å². The van der Waals surface area contributed by atoms with Gasteiger partial charge in [-0.25, -0.2) is 5.43 Å². The standard InChI is InChI=1S/C20H24N2O3/c1-3-4-13-24-18-11-7-17(8-12-18)14-21-22-20(23)15-25-19-9-5-16(2)6-10-19/h5-12,14H,3-4,13,15H2,1-2H3,(H,22,23)/b21-14-. The molecule has 0 unspecified atom stereocenters. The summed E-state index contributed by atoms with van der Waals surface area (Å²) in [6.07, 6.45) is 3.73. The molecule has 0 aliphatic heterocycles. The second kappa shape index (κ2) is 10.1. The summed E-state index contributed by atoms with van der Waals surface area (Å²) < 4.78 is 11.0. The number of nitrogens with zero attached hydrogens (tertiary/aromatic N) is 1. The summed E-state index contributed by atoms with van der Waals surface area (Å²) in [4.78, 5) is 11.7. The number of benzene rings is 2. The third-order valence-electron chi connectivity index (χ3n) is 3.44. The molecule has 1 amide bonds. The molecule has 0 saturated heterocycles. The van der Waals surface area contributed by atoms with Crippen LogP contribution in [0, 0.1) is 6.92 Å². The van der Waals surface area contributed by atoms with E-state index in [1.54, 1.807) is 6.21 Å². The van der Waals surface area contributed by atoms with Crippen molar-refractivity contribution in [3.05, 3.63) is 59.7 Å². The van der Waals surface area contributed by atoms with Crippen molar-refractivity contribution < 1.29 is 14.3 Å². The number of amides is 1. The number of hydrogen-bond donors (Lipinski definition) is 1. The van der Waals surface area contributed by atoms with Crippen molar-refractivity contribution in [2.75, 3.05) is 13.2 Å². The van der Waals surface area contributed by atoms with E-state index in [0.29, 0.717) is 5.75 Å². The molecule has 132 valence electrons. The van der Waals surface area contributed by atoms with Crippen LogP contribution in [0.5, 0.6) is 11.5 Å². The largest absolute Gasteiger partial charge is 0.494 e. The van der Waals surface area contributed by atoms with Crippen molar-refractivity contribution in [1.29, 1.82) is 0 Å². The Morgan fingerprint density at radius 3 is 2.36 bits per heavy atom. The summed E-state index contributed by atoms with van der Waals surface area (Å²) in [5.74, 6) is 1.18. The summed E-state index contributed by atoms with van der Waals surface area (Å²) in [5, 5.41) is 3.93. The minimum atomic E-state index is -0.309. The third kappa shape index (κ3) is 7.08. The van der Waals surface area contributed by atoms with Crippen LogP contribution in [0.1, 0.15) is 30.9 Å². The fourth-order valence-electron chi connectivity index (χ4n) is 1.98. The van der Waals surface area contributed by atoms with Crippen LogP contribution in [0.2, 0.25) is 0 Å². The van der Waals surface area contributed by atoms with Gasteiger partial charge in [-0.2, -0.15) is 5.10 Å². The molecule has 2 rings (SSSR count). The first-order valence-electron chi connectivity index (χ1n) is 8.41. The van der Waals surface area contributed by atoms with Gasteiger partial charge < -0.3 is 9.47 Å². The molecule has 5 nitrogen and oxygen atoms in total. The number of unbranched alkanes of at least 4 members (excludes halogenated alkanes) is 1. The molecule has 0 spiro atoms. The van der Waals surface area contributed by atoms with Gasteiger partial charge in [-0.15, -0.1) is 0 Å². The quantitative estimate of drug-likeness (QED) is 0.430. The average molecular weight is 340 g/mol. The minimum Gasteiger partial charge on any atom is -0.494 e. The van der Waals surface area contributed by atoms with Crippen molar-refractivity contribution in [2.45, 2.75) is 26.7 Å². The Morgan fingerprint density at radius 2 is 1.68 bits per heavy atom. The van der Waals surface area contributed by atoms with Crippen molar-refractivity contribution in [3.63, 3.8) is 0 Å². The Labute approximate surface area is 148 Å². The van der Waals surface area contributed by atoms with Crippen molar-refractivity contribution in [1.82, 2.24) is 5.43 Å². The molecule has 0 aromatic heterocycles. The molecule has 1 N–H and O–H groups in total. The highest BCUT2D eigenvalue weighted by Crippen LogP contribution is 2.12. The van der Waals surface area contributed by atoms with Crippen molar-refractivity contribution in [3.8, 4) is 11.5 Å². The van der Waals surface area contributed by atoms with Gasteiger partial charge in [0.25, 0.3) is 5.91 Å². The predicted octanol–water partition coefficient (Wildman–Crippen LogP) is 3.70. The Kier molecular flexibility index (Phi) is 7.50. The maximum Gasteiger partial charge on any atom is 0.277 e. The van der Waals surface area contributed by atoms with Gasteiger partial charge in [0.05, 0.1) is 12.8 Å². The molecule has 25 heavy (non-hydrogen) atoms. The lowest BCUT2D eigenvalue weighted by Crippen LogP contribution is -2.24. The van der Waals surface area contributed by atoms with Gasteiger partial charge in [0.1, 0.15) is 11.5 Å². The van der Waals surface area contributed by atoms with Gasteiger partial charge in [0.2, 0.25) is 0 Å². The lowest BCUT2D eigenvalue weighted by molar-refractivity contribution is -0.123. The van der Waals surface area contributed by atoms with Gasteiger partial charge >= 0.3 is 0 Å². The second-order valence-corrected chi connectivity index (χ2v) is 5.67. The first-order valence-corrected chi connectivity index (χ1v) is 8.41. The molecule has 0 atom stereocenters. The van der Waals surface area contributed by atoms with Crippen LogP contribution < -0.4 is 14.9 Å². The first-order chi connectivity index (χ1) is 12.2. The number of hydrogen-bond acceptors (Lipinski definition) is 4. The number of carbonyl (C=O) groups is 1. The van der Waals surface area contributed by atoms with E-state index < -0.39 is 0 Å². The molecule has 5 heteroatoms. The highest BCUT2D eigenvalue weighted by molar-refractivity contribution is 5.83. The number of carbonyl (C=O) groups excluding carboxylic acids is 1. The third-order valence-corrected chi connectivity index (χ3v) is 3.44. The van der Waals surface area contributed by atoms with Gasteiger partial charge in [0.15, 0.2) is 6.61 Å². The highest BCUT2D eigenvalue weighted by atomic mass is 16.5. The van der Waals surface area contributed by atoms with Crippen LogP contribution in [0.25, 0.3) is 0 Å². The molecule has 0 radical (unpaired) electrons. The molecule has 0 bridgehead atoms. The summed E-state index contributed by atoms with van der Waals surface area (Å²) in [6.45, 7) is 4.77.